The van der Waals surface area contributed by atoms with E-state index in [4.69, 9.17) is 4.74 Å². The van der Waals surface area contributed by atoms with E-state index in [2.05, 4.69) is 43.3 Å². The highest BCUT2D eigenvalue weighted by Crippen LogP contribution is 2.45. The lowest BCUT2D eigenvalue weighted by molar-refractivity contribution is 0.215. The molecule has 25 heavy (non-hydrogen) atoms. The lowest BCUT2D eigenvalue weighted by Gasteiger charge is -2.29. The first-order valence-corrected chi connectivity index (χ1v) is 8.91. The smallest absolute Gasteiger partial charge is 0.134 e. The minimum Gasteiger partial charge on any atom is -0.493 e. The first-order valence-electron chi connectivity index (χ1n) is 8.91. The second-order valence-corrected chi connectivity index (χ2v) is 6.28. The van der Waals surface area contributed by atoms with Crippen LogP contribution < -0.4 is 0 Å². The lowest BCUT2D eigenvalue weighted by atomic mass is 9.71. The van der Waals surface area contributed by atoms with Crippen molar-refractivity contribution in [2.24, 2.45) is 0 Å². The van der Waals surface area contributed by atoms with E-state index in [1.807, 2.05) is 42.5 Å². The molecule has 0 amide bonds. The largest absolute Gasteiger partial charge is 0.493 e. The summed E-state index contributed by atoms with van der Waals surface area (Å²) in [5.41, 5.74) is 2.26. The maximum absolute atomic E-state index is 9.97. The van der Waals surface area contributed by atoms with Crippen LogP contribution in [0.25, 0.3) is 0 Å². The third-order valence-corrected chi connectivity index (χ3v) is 4.70. The van der Waals surface area contributed by atoms with Crippen LogP contribution in [-0.2, 0) is 10.2 Å². The Kier molecular flexibility index (Phi) is 5.36. The van der Waals surface area contributed by atoms with Gasteiger partial charge in [0.25, 0.3) is 0 Å². The van der Waals surface area contributed by atoms with Gasteiger partial charge in [-0.2, -0.15) is 5.26 Å². The molecule has 2 nitrogen and oxygen atoms in total. The van der Waals surface area contributed by atoms with Crippen molar-refractivity contribution >= 4 is 0 Å². The van der Waals surface area contributed by atoms with E-state index >= 15 is 0 Å². The molecule has 0 N–H and O–H groups in total. The zero-order valence-electron chi connectivity index (χ0n) is 14.6. The average Bonchev–Trinajstić information content (AvgIpc) is 3.06. The van der Waals surface area contributed by atoms with E-state index in [0.717, 1.165) is 30.4 Å². The highest BCUT2D eigenvalue weighted by atomic mass is 16.5. The van der Waals surface area contributed by atoms with Crippen molar-refractivity contribution in [3.63, 3.8) is 0 Å². The zero-order chi connectivity index (χ0) is 17.5. The number of benzene rings is 2. The topological polar surface area (TPSA) is 33.0 Å². The second-order valence-electron chi connectivity index (χ2n) is 6.28. The first-order chi connectivity index (χ1) is 12.3. The van der Waals surface area contributed by atoms with E-state index < -0.39 is 5.41 Å². The van der Waals surface area contributed by atoms with Crippen molar-refractivity contribution in [3.8, 4) is 6.07 Å². The van der Waals surface area contributed by atoms with Crippen molar-refractivity contribution in [2.45, 2.75) is 31.6 Å². The summed E-state index contributed by atoms with van der Waals surface area (Å²) < 4.78 is 5.98. The van der Waals surface area contributed by atoms with Crippen LogP contribution in [0.1, 0.15) is 37.3 Å². The minimum absolute atomic E-state index is 0.572. The van der Waals surface area contributed by atoms with Gasteiger partial charge in [0.15, 0.2) is 0 Å². The van der Waals surface area contributed by atoms with E-state index in [0.29, 0.717) is 17.9 Å². The van der Waals surface area contributed by atoms with Crippen LogP contribution in [0.5, 0.6) is 0 Å². The predicted octanol–water partition coefficient (Wildman–Crippen LogP) is 5.53. The summed E-state index contributed by atoms with van der Waals surface area (Å²) in [4.78, 5) is 0. The molecule has 0 fully saturated rings. The summed E-state index contributed by atoms with van der Waals surface area (Å²) >= 11 is 0. The molecule has 0 aliphatic heterocycles. The summed E-state index contributed by atoms with van der Waals surface area (Å²) in [6.45, 7) is 2.82. The number of allylic oxidation sites excluding steroid dienone is 3. The summed E-state index contributed by atoms with van der Waals surface area (Å²) in [5.74, 6) is 0.700. The Morgan fingerprint density at radius 2 is 1.52 bits per heavy atom. The van der Waals surface area contributed by atoms with Gasteiger partial charge < -0.3 is 4.74 Å². The monoisotopic (exact) mass is 329 g/mol. The SMILES string of the molecule is CCCCCOC1=C(C#N)C(c2ccccc2)(c2ccccc2)C=C1. The van der Waals surface area contributed by atoms with E-state index in [-0.39, 0.29) is 0 Å². The molecule has 3 rings (SSSR count). The fourth-order valence-corrected chi connectivity index (χ4v) is 3.41. The van der Waals surface area contributed by atoms with Gasteiger partial charge in [0, 0.05) is 0 Å². The van der Waals surface area contributed by atoms with Gasteiger partial charge in [0.05, 0.1) is 17.6 Å². The molecule has 2 aromatic rings. The van der Waals surface area contributed by atoms with Crippen LogP contribution in [-0.4, -0.2) is 6.61 Å². The van der Waals surface area contributed by atoms with Gasteiger partial charge in [0.1, 0.15) is 11.8 Å². The molecule has 0 unspecified atom stereocenters. The van der Waals surface area contributed by atoms with E-state index in [1.165, 1.54) is 0 Å². The number of rotatable bonds is 7. The molecule has 0 atom stereocenters. The van der Waals surface area contributed by atoms with Crippen LogP contribution in [0, 0.1) is 11.3 Å². The number of hydrogen-bond acceptors (Lipinski definition) is 2. The van der Waals surface area contributed by atoms with Crippen LogP contribution >= 0.6 is 0 Å². The standard InChI is InChI=1S/C23H23NO/c1-2-3-10-17-25-22-15-16-23(21(22)18-24,19-11-6-4-7-12-19)20-13-8-5-9-14-20/h4-9,11-16H,2-3,10,17H2,1H3. The molecule has 1 aliphatic rings. The summed E-state index contributed by atoms with van der Waals surface area (Å²) in [7, 11) is 0. The third-order valence-electron chi connectivity index (χ3n) is 4.70. The summed E-state index contributed by atoms with van der Waals surface area (Å²) in [6, 6.07) is 22.8. The Hall–Kier alpha value is -2.79. The molecule has 126 valence electrons. The normalized spacial score (nSPS) is 15.2. The van der Waals surface area contributed by atoms with Crippen LogP contribution in [0.3, 0.4) is 0 Å². The molecule has 0 aromatic heterocycles. The fraction of sp³-hybridized carbons (Fsp3) is 0.261. The predicted molar refractivity (Wildman–Crippen MR) is 101 cm³/mol. The Morgan fingerprint density at radius 3 is 2.04 bits per heavy atom. The van der Waals surface area contributed by atoms with Gasteiger partial charge in [-0.25, -0.2) is 0 Å². The van der Waals surface area contributed by atoms with Crippen LogP contribution in [0.15, 0.2) is 84.1 Å². The quantitative estimate of drug-likeness (QED) is 0.626. The highest BCUT2D eigenvalue weighted by molar-refractivity contribution is 5.63. The number of nitriles is 1. The molecule has 2 aromatic carbocycles. The molecule has 1 aliphatic carbocycles. The first kappa shape index (κ1) is 17.0. The Morgan fingerprint density at radius 1 is 0.920 bits per heavy atom. The molecule has 0 saturated heterocycles. The van der Waals surface area contributed by atoms with Gasteiger partial charge in [-0.15, -0.1) is 0 Å². The van der Waals surface area contributed by atoms with Crippen molar-refractivity contribution in [1.82, 2.24) is 0 Å². The maximum Gasteiger partial charge on any atom is 0.134 e. The highest BCUT2D eigenvalue weighted by Gasteiger charge is 2.41. The Bertz CT molecular complexity index is 757. The molecule has 0 bridgehead atoms. The molecule has 2 heteroatoms. The van der Waals surface area contributed by atoms with Gasteiger partial charge in [-0.3, -0.25) is 0 Å². The van der Waals surface area contributed by atoms with Gasteiger partial charge in [-0.1, -0.05) is 86.5 Å². The fourth-order valence-electron chi connectivity index (χ4n) is 3.41. The molecular weight excluding hydrogens is 306 g/mol. The van der Waals surface area contributed by atoms with Crippen molar-refractivity contribution < 1.29 is 4.74 Å². The van der Waals surface area contributed by atoms with Crippen molar-refractivity contribution in [3.05, 3.63) is 95.3 Å². The molecule has 0 heterocycles. The number of nitrogens with zero attached hydrogens (tertiary/aromatic N) is 1. The van der Waals surface area contributed by atoms with Gasteiger partial charge in [0.2, 0.25) is 0 Å². The van der Waals surface area contributed by atoms with Crippen LogP contribution in [0.4, 0.5) is 0 Å². The van der Waals surface area contributed by atoms with E-state index in [1.54, 1.807) is 0 Å². The number of hydrogen-bond donors (Lipinski definition) is 0. The van der Waals surface area contributed by atoms with E-state index in [9.17, 15) is 5.26 Å². The van der Waals surface area contributed by atoms with Crippen molar-refractivity contribution in [2.75, 3.05) is 6.61 Å². The summed E-state index contributed by atoms with van der Waals surface area (Å²) in [6.07, 6.45) is 7.37. The molecule has 0 radical (unpaired) electrons. The minimum atomic E-state index is -0.572. The molecule has 0 saturated carbocycles. The van der Waals surface area contributed by atoms with Gasteiger partial charge in [-0.05, 0) is 23.6 Å². The number of unbranched alkanes of at least 4 members (excludes halogenated alkanes) is 2. The molecular formula is C23H23NO. The number of ether oxygens (including phenoxy) is 1. The summed E-state index contributed by atoms with van der Waals surface area (Å²) in [5, 5.41) is 9.97. The molecule has 0 spiro atoms. The van der Waals surface area contributed by atoms with Crippen LogP contribution in [0.2, 0.25) is 0 Å². The average molecular weight is 329 g/mol. The van der Waals surface area contributed by atoms with Gasteiger partial charge >= 0.3 is 0 Å². The van der Waals surface area contributed by atoms with Crippen molar-refractivity contribution in [1.29, 1.82) is 5.26 Å². The maximum atomic E-state index is 9.97. The second kappa shape index (κ2) is 7.85. The Balaban J connectivity index is 2.06. The lowest BCUT2D eigenvalue weighted by Crippen LogP contribution is -2.26. The zero-order valence-corrected chi connectivity index (χ0v) is 14.6. The Labute approximate surface area is 150 Å². The third kappa shape index (κ3) is 3.23.